The third-order valence-electron chi connectivity index (χ3n) is 5.05. The van der Waals surface area contributed by atoms with Crippen LogP contribution in [-0.4, -0.2) is 46.8 Å². The van der Waals surface area contributed by atoms with Crippen molar-refractivity contribution < 1.29 is 18.4 Å². The van der Waals surface area contributed by atoms with Crippen LogP contribution < -0.4 is 5.56 Å². The number of sulfone groups is 1. The lowest BCUT2D eigenvalue weighted by Gasteiger charge is -2.14. The highest BCUT2D eigenvalue weighted by atomic mass is 32.2. The van der Waals surface area contributed by atoms with Gasteiger partial charge in [-0.25, -0.2) is 13.0 Å². The van der Waals surface area contributed by atoms with Crippen molar-refractivity contribution in [1.29, 1.82) is 0 Å². The maximum atomic E-state index is 13.1. The van der Waals surface area contributed by atoms with E-state index in [1.54, 1.807) is 24.3 Å². The molecule has 0 bridgehead atoms. The van der Waals surface area contributed by atoms with Gasteiger partial charge < -0.3 is 5.11 Å². The lowest BCUT2D eigenvalue weighted by molar-refractivity contribution is -0.384. The highest BCUT2D eigenvalue weighted by Crippen LogP contribution is 2.30. The van der Waals surface area contributed by atoms with Crippen LogP contribution in [0, 0.1) is 10.1 Å². The fourth-order valence-corrected chi connectivity index (χ4v) is 5.23. The van der Waals surface area contributed by atoms with E-state index < -0.39 is 32.2 Å². The fourth-order valence-electron chi connectivity index (χ4n) is 3.59. The Balaban J connectivity index is 1.96. The third kappa shape index (κ3) is 3.45. The van der Waals surface area contributed by atoms with Crippen LogP contribution in [0.15, 0.2) is 58.3 Å². The topological polar surface area (TPSA) is 132 Å². The van der Waals surface area contributed by atoms with Gasteiger partial charge in [0.2, 0.25) is 5.88 Å². The zero-order valence-electron chi connectivity index (χ0n) is 15.6. The van der Waals surface area contributed by atoms with Gasteiger partial charge >= 0.3 is 0 Å². The van der Waals surface area contributed by atoms with Crippen LogP contribution >= 0.6 is 0 Å². The van der Waals surface area contributed by atoms with E-state index in [0.717, 1.165) is 4.57 Å². The van der Waals surface area contributed by atoms with Crippen LogP contribution in [0.3, 0.4) is 0 Å². The summed E-state index contributed by atoms with van der Waals surface area (Å²) in [7, 11) is -3.13. The molecule has 1 aromatic heterocycles. The summed E-state index contributed by atoms with van der Waals surface area (Å²) in [5.74, 6) is -0.527. The molecule has 1 N–H and O–H groups in total. The molecule has 10 heteroatoms. The van der Waals surface area contributed by atoms with E-state index in [-0.39, 0.29) is 33.8 Å². The highest BCUT2D eigenvalue weighted by molar-refractivity contribution is 7.91. The summed E-state index contributed by atoms with van der Waals surface area (Å²) in [5, 5.41) is 23.0. The van der Waals surface area contributed by atoms with E-state index in [1.807, 2.05) is 0 Å². The van der Waals surface area contributed by atoms with Gasteiger partial charge in [0.25, 0.3) is 11.2 Å². The molecular formula is C20H17N3O6S. The van der Waals surface area contributed by atoms with Crippen LogP contribution in [0.5, 0.6) is 5.88 Å². The number of para-hydroxylation sites is 2. The fraction of sp³-hybridized carbons (Fsp3) is 0.200. The molecule has 2 heterocycles. The van der Waals surface area contributed by atoms with Crippen molar-refractivity contribution in [2.24, 2.45) is 4.99 Å². The van der Waals surface area contributed by atoms with Gasteiger partial charge in [-0.05, 0) is 18.6 Å². The van der Waals surface area contributed by atoms with Crippen molar-refractivity contribution in [3.05, 3.63) is 74.6 Å². The quantitative estimate of drug-likeness (QED) is 0.386. The molecule has 0 radical (unpaired) electrons. The van der Waals surface area contributed by atoms with E-state index in [9.17, 15) is 28.4 Å². The van der Waals surface area contributed by atoms with E-state index >= 15 is 0 Å². The molecule has 30 heavy (non-hydrogen) atoms. The van der Waals surface area contributed by atoms with Crippen molar-refractivity contribution in [2.75, 3.05) is 11.5 Å². The van der Waals surface area contributed by atoms with Crippen LogP contribution in [0.4, 0.5) is 5.69 Å². The molecule has 1 saturated heterocycles. The minimum absolute atomic E-state index is 0.0530. The van der Waals surface area contributed by atoms with Crippen molar-refractivity contribution in [3.8, 4) is 11.6 Å². The number of rotatable bonds is 4. The number of fused-ring (bicyclic) bond motifs is 1. The minimum Gasteiger partial charge on any atom is -0.494 e. The van der Waals surface area contributed by atoms with Gasteiger partial charge in [-0.1, -0.05) is 30.3 Å². The molecule has 3 aromatic rings. The summed E-state index contributed by atoms with van der Waals surface area (Å²) in [6.07, 6.45) is 1.72. The monoisotopic (exact) mass is 427 g/mol. The molecular weight excluding hydrogens is 410 g/mol. The van der Waals surface area contributed by atoms with E-state index in [4.69, 9.17) is 0 Å². The summed E-state index contributed by atoms with van der Waals surface area (Å²) in [6.45, 7) is 0. The van der Waals surface area contributed by atoms with E-state index in [2.05, 4.69) is 4.99 Å². The smallest absolute Gasteiger partial charge is 0.293 e. The molecule has 1 fully saturated rings. The predicted octanol–water partition coefficient (Wildman–Crippen LogP) is 2.21. The van der Waals surface area contributed by atoms with Crippen LogP contribution in [0.25, 0.3) is 16.5 Å². The standard InChI is InChI=1S/C20H17N3O6S/c24-19-15-6-2-1-5-14(15)16(11-21-13-9-10-30(28,29)12-13)20(25)22(19)17-7-3-4-8-18(17)23(26)27/h1-8,11,13,25H,9-10,12H2/t13-/m1/s1. The van der Waals surface area contributed by atoms with Gasteiger partial charge in [-0.3, -0.25) is 19.9 Å². The molecule has 0 unspecified atom stereocenters. The lowest BCUT2D eigenvalue weighted by Crippen LogP contribution is -2.21. The molecule has 2 aromatic carbocycles. The van der Waals surface area contributed by atoms with Gasteiger partial charge in [0.15, 0.2) is 9.84 Å². The van der Waals surface area contributed by atoms with Crippen molar-refractivity contribution in [3.63, 3.8) is 0 Å². The SMILES string of the molecule is O=c1c2ccccc2c(C=N[C@@H]2CCS(=O)(=O)C2)c(O)n1-c1ccccc1[N+](=O)[O-]. The first-order valence-corrected chi connectivity index (χ1v) is 10.9. The number of nitro groups is 1. The predicted molar refractivity (Wildman–Crippen MR) is 113 cm³/mol. The van der Waals surface area contributed by atoms with Gasteiger partial charge in [0.1, 0.15) is 5.69 Å². The Bertz CT molecular complexity index is 1360. The largest absolute Gasteiger partial charge is 0.494 e. The zero-order valence-corrected chi connectivity index (χ0v) is 16.4. The first-order valence-electron chi connectivity index (χ1n) is 9.12. The molecule has 9 nitrogen and oxygen atoms in total. The molecule has 154 valence electrons. The van der Waals surface area contributed by atoms with Crippen LogP contribution in [-0.2, 0) is 9.84 Å². The van der Waals surface area contributed by atoms with Gasteiger partial charge in [0, 0.05) is 23.1 Å². The van der Waals surface area contributed by atoms with Crippen molar-refractivity contribution >= 4 is 32.5 Å². The maximum absolute atomic E-state index is 13.1. The molecule has 1 aliphatic heterocycles. The number of nitrogens with zero attached hydrogens (tertiary/aromatic N) is 3. The van der Waals surface area contributed by atoms with E-state index in [1.165, 1.54) is 30.5 Å². The molecule has 0 saturated carbocycles. The summed E-state index contributed by atoms with van der Waals surface area (Å²) in [5.41, 5.74) is -0.838. The molecule has 0 amide bonds. The number of nitro benzene ring substituents is 1. The van der Waals surface area contributed by atoms with Gasteiger partial charge in [0.05, 0.1) is 28.0 Å². The Morgan fingerprint density at radius 2 is 1.80 bits per heavy atom. The minimum atomic E-state index is -3.13. The summed E-state index contributed by atoms with van der Waals surface area (Å²) >= 11 is 0. The summed E-state index contributed by atoms with van der Waals surface area (Å²) in [6, 6.07) is 11.7. The number of aromatic hydroxyl groups is 1. The molecule has 1 atom stereocenters. The average Bonchev–Trinajstić information content (AvgIpc) is 3.07. The molecule has 0 spiro atoms. The Morgan fingerprint density at radius 3 is 2.47 bits per heavy atom. The number of aromatic nitrogens is 1. The number of hydrogen-bond donors (Lipinski definition) is 1. The molecule has 4 rings (SSSR count). The number of pyridine rings is 1. The van der Waals surface area contributed by atoms with Crippen LogP contribution in [0.2, 0.25) is 0 Å². The zero-order chi connectivity index (χ0) is 21.5. The molecule has 0 aliphatic carbocycles. The first kappa shape index (κ1) is 19.8. The van der Waals surface area contributed by atoms with Gasteiger partial charge in [-0.2, -0.15) is 0 Å². The third-order valence-corrected chi connectivity index (χ3v) is 6.80. The second-order valence-corrected chi connectivity index (χ2v) is 9.23. The summed E-state index contributed by atoms with van der Waals surface area (Å²) < 4.78 is 24.3. The Hall–Kier alpha value is -3.53. The Labute approximate surface area is 171 Å². The highest BCUT2D eigenvalue weighted by Gasteiger charge is 2.27. The number of aliphatic imine (C=N–C) groups is 1. The van der Waals surface area contributed by atoms with E-state index in [0.29, 0.717) is 11.8 Å². The summed E-state index contributed by atoms with van der Waals surface area (Å²) in [4.78, 5) is 28.2. The average molecular weight is 427 g/mol. The lowest BCUT2D eigenvalue weighted by atomic mass is 10.1. The molecule has 1 aliphatic rings. The second-order valence-electron chi connectivity index (χ2n) is 7.00. The Kier molecular flexibility index (Phi) is 4.86. The van der Waals surface area contributed by atoms with Crippen molar-refractivity contribution in [2.45, 2.75) is 12.5 Å². The number of hydrogen-bond acceptors (Lipinski definition) is 7. The maximum Gasteiger partial charge on any atom is 0.293 e. The van der Waals surface area contributed by atoms with Gasteiger partial charge in [-0.15, -0.1) is 0 Å². The number of benzene rings is 2. The first-order chi connectivity index (χ1) is 14.3. The van der Waals surface area contributed by atoms with Crippen LogP contribution in [0.1, 0.15) is 12.0 Å². The normalized spacial score (nSPS) is 18.2. The van der Waals surface area contributed by atoms with Crippen molar-refractivity contribution in [1.82, 2.24) is 4.57 Å². The second kappa shape index (κ2) is 7.38. The Morgan fingerprint density at radius 1 is 1.13 bits per heavy atom.